The second-order valence-electron chi connectivity index (χ2n) is 9.82. The zero-order valence-electron chi connectivity index (χ0n) is 20.1. The lowest BCUT2D eigenvalue weighted by Gasteiger charge is -2.45. The molecular weight excluding hydrogens is 511 g/mol. The molecular formula is C27H31ClF3NO3S. The fourth-order valence-electron chi connectivity index (χ4n) is 5.46. The Bertz CT molecular complexity index is 1170. The third-order valence-corrected chi connectivity index (χ3v) is 10.2. The number of Topliss-reactive ketones (excluding diaryl/α,β-unsaturated/α-hetero) is 1. The zero-order chi connectivity index (χ0) is 26.0. The smallest absolute Gasteiger partial charge is 0.422 e. The fraction of sp³-hybridized carbons (Fsp3) is 0.481. The number of rotatable bonds is 7. The Hall–Kier alpha value is -2.03. The normalized spacial score (nSPS) is 22.3. The monoisotopic (exact) mass is 541 g/mol. The summed E-state index contributed by atoms with van der Waals surface area (Å²) in [6.07, 6.45) is 1.01. The van der Waals surface area contributed by atoms with Crippen molar-refractivity contribution in [1.29, 1.82) is 0 Å². The molecule has 1 saturated heterocycles. The van der Waals surface area contributed by atoms with Crippen molar-refractivity contribution in [3.05, 3.63) is 59.1 Å². The van der Waals surface area contributed by atoms with E-state index in [1.165, 1.54) is 12.1 Å². The number of carbonyl (C=O) groups excluding carboxylic acids is 1. The van der Waals surface area contributed by atoms with Crippen molar-refractivity contribution < 1.29 is 26.9 Å². The highest BCUT2D eigenvalue weighted by atomic mass is 35.5. The van der Waals surface area contributed by atoms with Gasteiger partial charge in [-0.05, 0) is 74.2 Å². The predicted octanol–water partition coefficient (Wildman–Crippen LogP) is 6.36. The van der Waals surface area contributed by atoms with Gasteiger partial charge in [0.2, 0.25) is 0 Å². The quantitative estimate of drug-likeness (QED) is 0.383. The molecule has 1 aliphatic heterocycles. The molecule has 2 aliphatic rings. The second kappa shape index (κ2) is 10.8. The largest absolute Gasteiger partial charge is 0.484 e. The number of ketones is 1. The number of piperidine rings is 1. The van der Waals surface area contributed by atoms with Crippen molar-refractivity contribution in [3.8, 4) is 5.75 Å². The average molecular weight is 542 g/mol. The molecule has 0 aromatic heterocycles. The van der Waals surface area contributed by atoms with E-state index in [1.54, 1.807) is 36.4 Å². The molecule has 2 aromatic rings. The summed E-state index contributed by atoms with van der Waals surface area (Å²) in [6.45, 7) is -0.249. The molecule has 2 aromatic carbocycles. The topological polar surface area (TPSA) is 46.6 Å². The molecule has 4 nitrogen and oxygen atoms in total. The third kappa shape index (κ3) is 6.09. The first kappa shape index (κ1) is 27.0. The van der Waals surface area contributed by atoms with Gasteiger partial charge in [0.1, 0.15) is 11.5 Å². The molecule has 0 N–H and O–H groups in total. The van der Waals surface area contributed by atoms with Gasteiger partial charge in [0.05, 0.1) is 19.6 Å². The van der Waals surface area contributed by atoms with Crippen LogP contribution in [0.15, 0.2) is 53.4 Å². The van der Waals surface area contributed by atoms with E-state index in [4.69, 9.17) is 16.3 Å². The van der Waals surface area contributed by atoms with Crippen LogP contribution < -0.4 is 4.74 Å². The molecule has 2 atom stereocenters. The summed E-state index contributed by atoms with van der Waals surface area (Å²) in [6, 6.07) is 13.6. The minimum atomic E-state index is -4.37. The second-order valence-corrected chi connectivity index (χ2v) is 12.5. The van der Waals surface area contributed by atoms with Gasteiger partial charge in [-0.25, -0.2) is 8.51 Å². The van der Waals surface area contributed by atoms with Crippen molar-refractivity contribution in [3.63, 3.8) is 0 Å². The number of benzene rings is 2. The maximum absolute atomic E-state index is 13.6. The molecule has 196 valence electrons. The predicted molar refractivity (Wildman–Crippen MR) is 137 cm³/mol. The number of hydrogen-bond acceptors (Lipinski definition) is 3. The molecule has 4 rings (SSSR count). The minimum absolute atomic E-state index is 0.0425. The number of ether oxygens (including phenoxy) is 1. The molecule has 36 heavy (non-hydrogen) atoms. The summed E-state index contributed by atoms with van der Waals surface area (Å²) in [5, 5.41) is 0.437. The SMILES string of the molecule is C=S(=O)(c1ccccc1Cl)N1CCC2(CCCC(CCc3ccc(OCC(F)(F)F)cc3)C2=O)CC1. The highest BCUT2D eigenvalue weighted by molar-refractivity contribution is 7.98. The van der Waals surface area contributed by atoms with Crippen molar-refractivity contribution in [1.82, 2.24) is 4.31 Å². The number of aryl methyl sites for hydroxylation is 1. The average Bonchev–Trinajstić information content (AvgIpc) is 2.84. The van der Waals surface area contributed by atoms with E-state index < -0.39 is 22.5 Å². The van der Waals surface area contributed by atoms with E-state index in [9.17, 15) is 22.2 Å². The van der Waals surface area contributed by atoms with E-state index in [2.05, 4.69) is 5.87 Å². The van der Waals surface area contributed by atoms with Gasteiger partial charge in [-0.2, -0.15) is 13.2 Å². The summed E-state index contributed by atoms with van der Waals surface area (Å²) in [5.74, 6) is 4.44. The van der Waals surface area contributed by atoms with Crippen LogP contribution in [0, 0.1) is 11.3 Å². The Morgan fingerprint density at radius 3 is 2.39 bits per heavy atom. The first-order valence-electron chi connectivity index (χ1n) is 12.2. The lowest BCUT2D eigenvalue weighted by atomic mass is 9.63. The Morgan fingerprint density at radius 1 is 1.08 bits per heavy atom. The summed E-state index contributed by atoms with van der Waals surface area (Å²) in [5.41, 5.74) is 0.582. The van der Waals surface area contributed by atoms with E-state index in [0.29, 0.717) is 54.5 Å². The zero-order valence-corrected chi connectivity index (χ0v) is 21.6. The van der Waals surface area contributed by atoms with Crippen molar-refractivity contribution in [2.24, 2.45) is 11.3 Å². The molecule has 1 heterocycles. The maximum atomic E-state index is 13.6. The molecule has 0 amide bonds. The summed E-state index contributed by atoms with van der Waals surface area (Å²) < 4.78 is 57.2. The van der Waals surface area contributed by atoms with Crippen LogP contribution in [0.5, 0.6) is 5.75 Å². The van der Waals surface area contributed by atoms with Gasteiger partial charge < -0.3 is 4.74 Å². The summed E-state index contributed by atoms with van der Waals surface area (Å²) in [7, 11) is -2.72. The molecule has 0 bridgehead atoms. The van der Waals surface area contributed by atoms with Gasteiger partial charge in [0.25, 0.3) is 0 Å². The first-order chi connectivity index (χ1) is 17.0. The van der Waals surface area contributed by atoms with E-state index in [1.807, 2.05) is 4.31 Å². The van der Waals surface area contributed by atoms with E-state index in [0.717, 1.165) is 24.8 Å². The van der Waals surface area contributed by atoms with Crippen LogP contribution in [-0.2, 0) is 20.9 Å². The van der Waals surface area contributed by atoms with Crippen LogP contribution in [0.3, 0.4) is 0 Å². The van der Waals surface area contributed by atoms with Crippen molar-refractivity contribution in [2.45, 2.75) is 56.0 Å². The van der Waals surface area contributed by atoms with E-state index >= 15 is 0 Å². The molecule has 1 spiro atoms. The number of carbonyl (C=O) groups is 1. The van der Waals surface area contributed by atoms with Crippen LogP contribution in [0.25, 0.3) is 0 Å². The minimum Gasteiger partial charge on any atom is -0.484 e. The lowest BCUT2D eigenvalue weighted by molar-refractivity contribution is -0.153. The van der Waals surface area contributed by atoms with Crippen LogP contribution in [0.1, 0.15) is 44.1 Å². The molecule has 1 saturated carbocycles. The third-order valence-electron chi connectivity index (χ3n) is 7.49. The number of nitrogens with zero attached hydrogens (tertiary/aromatic N) is 1. The van der Waals surface area contributed by atoms with Gasteiger partial charge in [-0.15, -0.1) is 0 Å². The standard InChI is InChI=1S/C27H31ClF3NO3S/c1-36(34,24-7-3-2-6-23(24)28)32-17-15-26(16-18-32)14-4-5-21(25(26)33)11-8-20-9-12-22(13-10-20)35-19-27(29,30)31/h2-3,6-7,9-10,12-13,21H,1,4-5,8,11,14-19H2. The number of halogens is 4. The Labute approximate surface area is 215 Å². The number of alkyl halides is 3. The van der Waals surface area contributed by atoms with Gasteiger partial charge in [-0.3, -0.25) is 4.79 Å². The van der Waals surface area contributed by atoms with Gasteiger partial charge in [0.15, 0.2) is 6.61 Å². The molecule has 0 radical (unpaired) electrons. The van der Waals surface area contributed by atoms with Gasteiger partial charge >= 0.3 is 6.18 Å². The van der Waals surface area contributed by atoms with Crippen LogP contribution in [0.2, 0.25) is 5.02 Å². The molecule has 2 fully saturated rings. The van der Waals surface area contributed by atoms with Crippen LogP contribution in [0.4, 0.5) is 13.2 Å². The van der Waals surface area contributed by atoms with Crippen molar-refractivity contribution in [2.75, 3.05) is 19.7 Å². The first-order valence-corrected chi connectivity index (χ1v) is 14.3. The molecule has 2 unspecified atom stereocenters. The Morgan fingerprint density at radius 2 is 1.75 bits per heavy atom. The summed E-state index contributed by atoms with van der Waals surface area (Å²) >= 11 is 6.29. The van der Waals surface area contributed by atoms with Crippen LogP contribution in [-0.4, -0.2) is 46.0 Å². The maximum Gasteiger partial charge on any atom is 0.422 e. The Balaban J connectivity index is 1.34. The lowest BCUT2D eigenvalue weighted by Crippen LogP contribution is -2.49. The fourth-order valence-corrected chi connectivity index (χ4v) is 7.67. The van der Waals surface area contributed by atoms with Crippen LogP contribution >= 0.6 is 11.6 Å². The highest BCUT2D eigenvalue weighted by Crippen LogP contribution is 2.46. The van der Waals surface area contributed by atoms with Gasteiger partial charge in [0, 0.05) is 24.4 Å². The molecule has 9 heteroatoms. The summed E-state index contributed by atoms with van der Waals surface area (Å²) in [4.78, 5) is 14.1. The van der Waals surface area contributed by atoms with Gasteiger partial charge in [-0.1, -0.05) is 42.3 Å². The Kier molecular flexibility index (Phi) is 8.07. The number of hydrogen-bond donors (Lipinski definition) is 0. The molecule has 1 aliphatic carbocycles. The van der Waals surface area contributed by atoms with E-state index in [-0.39, 0.29) is 17.1 Å². The highest BCUT2D eigenvalue weighted by Gasteiger charge is 2.46. The van der Waals surface area contributed by atoms with Crippen molar-refractivity contribution >= 4 is 33.0 Å².